The van der Waals surface area contributed by atoms with Crippen LogP contribution in [0.2, 0.25) is 0 Å². The fourth-order valence-corrected chi connectivity index (χ4v) is 3.84. The minimum atomic E-state index is -0.193. The molecule has 0 saturated carbocycles. The predicted molar refractivity (Wildman–Crippen MR) is 133 cm³/mol. The Labute approximate surface area is 193 Å². The molecular formula is C25H29N5OS. The Morgan fingerprint density at radius 3 is 2.47 bits per heavy atom. The van der Waals surface area contributed by atoms with Gasteiger partial charge in [-0.3, -0.25) is 4.79 Å². The zero-order chi connectivity index (χ0) is 23.0. The lowest BCUT2D eigenvalue weighted by molar-refractivity contribution is -0.118. The van der Waals surface area contributed by atoms with Gasteiger partial charge in [-0.25, -0.2) is 5.43 Å². The van der Waals surface area contributed by atoms with Gasteiger partial charge >= 0.3 is 0 Å². The van der Waals surface area contributed by atoms with Gasteiger partial charge in [-0.15, -0.1) is 10.2 Å². The number of hydrazone groups is 1. The van der Waals surface area contributed by atoms with Gasteiger partial charge < -0.3 is 4.57 Å². The summed E-state index contributed by atoms with van der Waals surface area (Å²) in [6.45, 7) is 9.35. The Hall–Kier alpha value is -3.19. The first-order chi connectivity index (χ1) is 15.4. The van der Waals surface area contributed by atoms with Crippen molar-refractivity contribution in [3.63, 3.8) is 0 Å². The third kappa shape index (κ3) is 6.40. The van der Waals surface area contributed by atoms with Crippen molar-refractivity contribution < 1.29 is 4.79 Å². The summed E-state index contributed by atoms with van der Waals surface area (Å²) in [6.07, 6.45) is 5.26. The number of amides is 1. The first-order valence-corrected chi connectivity index (χ1v) is 11.6. The highest BCUT2D eigenvalue weighted by atomic mass is 32.2. The largest absolute Gasteiger partial charge is 0.302 e. The third-order valence-corrected chi connectivity index (χ3v) is 5.78. The fraction of sp³-hybridized carbons (Fsp3) is 0.280. The second-order valence-corrected chi connectivity index (χ2v) is 9.19. The molecule has 2 aromatic carbocycles. The molecule has 0 aliphatic heterocycles. The van der Waals surface area contributed by atoms with Crippen molar-refractivity contribution in [3.8, 4) is 11.4 Å². The molecule has 0 unspecified atom stereocenters. The maximum absolute atomic E-state index is 12.1. The molecule has 1 aromatic heterocycles. The molecule has 0 bridgehead atoms. The fourth-order valence-electron chi connectivity index (χ4n) is 3.05. The van der Waals surface area contributed by atoms with Crippen LogP contribution in [0.5, 0.6) is 0 Å². The number of hydrogen-bond donors (Lipinski definition) is 1. The Bertz CT molecular complexity index is 1080. The molecule has 32 heavy (non-hydrogen) atoms. The van der Waals surface area contributed by atoms with E-state index in [1.807, 2.05) is 47.9 Å². The highest BCUT2D eigenvalue weighted by Crippen LogP contribution is 2.27. The van der Waals surface area contributed by atoms with E-state index in [9.17, 15) is 4.79 Å². The molecule has 166 valence electrons. The van der Waals surface area contributed by atoms with Crippen LogP contribution in [0, 0.1) is 0 Å². The number of aromatic nitrogens is 3. The minimum absolute atomic E-state index is 0.102. The Morgan fingerprint density at radius 2 is 1.81 bits per heavy atom. The van der Waals surface area contributed by atoms with Gasteiger partial charge in [0.15, 0.2) is 11.0 Å². The summed E-state index contributed by atoms with van der Waals surface area (Å²) >= 11 is 1.35. The smallest absolute Gasteiger partial charge is 0.250 e. The molecule has 0 atom stereocenters. The van der Waals surface area contributed by atoms with E-state index in [4.69, 9.17) is 0 Å². The number of nitrogens with one attached hydrogen (secondary N) is 1. The Balaban J connectivity index is 1.56. The van der Waals surface area contributed by atoms with Crippen LogP contribution in [0.15, 0.2) is 70.9 Å². The van der Waals surface area contributed by atoms with E-state index in [1.165, 1.54) is 17.3 Å². The number of nitrogens with zero attached hydrogens (tertiary/aromatic N) is 4. The molecule has 0 saturated heterocycles. The van der Waals surface area contributed by atoms with Crippen LogP contribution in [-0.4, -0.2) is 32.6 Å². The van der Waals surface area contributed by atoms with Crippen molar-refractivity contribution in [2.45, 2.75) is 44.8 Å². The van der Waals surface area contributed by atoms with E-state index >= 15 is 0 Å². The van der Waals surface area contributed by atoms with E-state index in [0.29, 0.717) is 5.16 Å². The molecule has 1 N–H and O–H groups in total. The summed E-state index contributed by atoms with van der Waals surface area (Å²) in [5.74, 6) is 0.821. The highest BCUT2D eigenvalue weighted by molar-refractivity contribution is 7.99. The van der Waals surface area contributed by atoms with Crippen molar-refractivity contribution in [2.24, 2.45) is 5.10 Å². The number of benzene rings is 2. The van der Waals surface area contributed by atoms with Crippen molar-refractivity contribution in [1.29, 1.82) is 0 Å². The van der Waals surface area contributed by atoms with Crippen LogP contribution in [0.25, 0.3) is 17.5 Å². The van der Waals surface area contributed by atoms with Gasteiger partial charge in [-0.2, -0.15) is 5.10 Å². The maximum atomic E-state index is 12.1. The van der Waals surface area contributed by atoms with E-state index < -0.39 is 0 Å². The molecule has 6 nitrogen and oxygen atoms in total. The first kappa shape index (κ1) is 23.5. The monoisotopic (exact) mass is 447 g/mol. The number of rotatable bonds is 8. The summed E-state index contributed by atoms with van der Waals surface area (Å²) in [6, 6.07) is 18.3. The van der Waals surface area contributed by atoms with Gasteiger partial charge in [-0.1, -0.05) is 93.2 Å². The molecule has 0 radical (unpaired) electrons. The lowest BCUT2D eigenvalue weighted by atomic mass is 9.87. The summed E-state index contributed by atoms with van der Waals surface area (Å²) in [5.41, 5.74) is 6.00. The standard InChI is InChI=1S/C25H29N5OS/c1-5-30-23(20-13-15-21(16-14-20)25(2,3)4)28-29-24(30)32-18-22(31)27-26-17-9-12-19-10-7-6-8-11-19/h6-17H,5,18H2,1-4H3,(H,27,31)/b12-9+,26-17+. The van der Waals surface area contributed by atoms with E-state index in [2.05, 4.69) is 65.8 Å². The quantitative estimate of drug-likeness (QED) is 0.294. The van der Waals surface area contributed by atoms with Crippen LogP contribution in [0.4, 0.5) is 0 Å². The van der Waals surface area contributed by atoms with Crippen LogP contribution in [-0.2, 0) is 16.8 Å². The molecular weight excluding hydrogens is 418 g/mol. The van der Waals surface area contributed by atoms with E-state index in [-0.39, 0.29) is 17.1 Å². The van der Waals surface area contributed by atoms with E-state index in [1.54, 1.807) is 12.3 Å². The predicted octanol–water partition coefficient (Wildman–Crippen LogP) is 5.17. The van der Waals surface area contributed by atoms with Crippen molar-refractivity contribution in [1.82, 2.24) is 20.2 Å². The minimum Gasteiger partial charge on any atom is -0.302 e. The van der Waals surface area contributed by atoms with Gasteiger partial charge in [0.1, 0.15) is 0 Å². The van der Waals surface area contributed by atoms with Gasteiger partial charge in [0.25, 0.3) is 5.91 Å². The lowest BCUT2D eigenvalue weighted by Crippen LogP contribution is -2.19. The average molecular weight is 448 g/mol. The second kappa shape index (κ2) is 10.9. The van der Waals surface area contributed by atoms with Gasteiger partial charge in [0.2, 0.25) is 0 Å². The third-order valence-electron chi connectivity index (χ3n) is 4.81. The van der Waals surface area contributed by atoms with Crippen molar-refractivity contribution >= 4 is 30.0 Å². The van der Waals surface area contributed by atoms with Crippen LogP contribution in [0.1, 0.15) is 38.8 Å². The average Bonchev–Trinajstić information content (AvgIpc) is 3.20. The molecule has 3 rings (SSSR count). The molecule has 0 fully saturated rings. The number of hydrogen-bond acceptors (Lipinski definition) is 5. The van der Waals surface area contributed by atoms with Crippen LogP contribution in [0.3, 0.4) is 0 Å². The molecule has 0 spiro atoms. The summed E-state index contributed by atoms with van der Waals surface area (Å²) < 4.78 is 2.02. The lowest BCUT2D eigenvalue weighted by Gasteiger charge is -2.19. The van der Waals surface area contributed by atoms with E-state index in [0.717, 1.165) is 23.5 Å². The molecule has 0 aliphatic carbocycles. The number of thioether (sulfide) groups is 1. The Kier molecular flexibility index (Phi) is 8.00. The normalized spacial score (nSPS) is 12.0. The Morgan fingerprint density at radius 1 is 1.09 bits per heavy atom. The molecule has 1 heterocycles. The van der Waals surface area contributed by atoms with Crippen LogP contribution >= 0.6 is 11.8 Å². The summed E-state index contributed by atoms with van der Waals surface area (Å²) in [4.78, 5) is 12.1. The highest BCUT2D eigenvalue weighted by Gasteiger charge is 2.17. The zero-order valence-corrected chi connectivity index (χ0v) is 19.8. The van der Waals surface area contributed by atoms with Gasteiger partial charge in [-0.05, 0) is 29.5 Å². The van der Waals surface area contributed by atoms with Gasteiger partial charge in [0, 0.05) is 18.3 Å². The number of carbonyl (C=O) groups excluding carboxylic acids is 1. The maximum Gasteiger partial charge on any atom is 0.250 e. The summed E-state index contributed by atoms with van der Waals surface area (Å²) in [5, 5.41) is 13.3. The topological polar surface area (TPSA) is 72.2 Å². The van der Waals surface area contributed by atoms with Gasteiger partial charge in [0.05, 0.1) is 5.75 Å². The van der Waals surface area contributed by atoms with Crippen molar-refractivity contribution in [3.05, 3.63) is 71.8 Å². The molecule has 0 aliphatic rings. The second-order valence-electron chi connectivity index (χ2n) is 8.25. The SMILES string of the molecule is CCn1c(SCC(=O)N/N=C/C=C/c2ccccc2)nnc1-c1ccc(C(C)(C)C)cc1. The molecule has 1 amide bonds. The molecule has 3 aromatic rings. The zero-order valence-electron chi connectivity index (χ0n) is 18.9. The molecule has 7 heteroatoms. The van der Waals surface area contributed by atoms with Crippen LogP contribution < -0.4 is 5.43 Å². The number of allylic oxidation sites excluding steroid dienone is 1. The first-order valence-electron chi connectivity index (χ1n) is 10.6. The summed E-state index contributed by atoms with van der Waals surface area (Å²) in [7, 11) is 0. The number of carbonyl (C=O) groups is 1. The van der Waals surface area contributed by atoms with Crippen molar-refractivity contribution in [2.75, 3.05) is 5.75 Å².